The second kappa shape index (κ2) is 5.48. The van der Waals surface area contributed by atoms with Gasteiger partial charge in [-0.15, -0.1) is 0 Å². The first-order valence-corrected chi connectivity index (χ1v) is 6.51. The number of hydrogen-bond donors (Lipinski definition) is 1. The molecule has 2 rings (SSSR count). The molecule has 1 nitrogen and oxygen atoms in total. The Morgan fingerprint density at radius 3 is 2.35 bits per heavy atom. The minimum absolute atomic E-state index is 0.0670. The second-order valence-electron chi connectivity index (χ2n) is 4.29. The molecular formula is C15H16BrN. The van der Waals surface area contributed by atoms with E-state index in [1.807, 2.05) is 12.1 Å². The summed E-state index contributed by atoms with van der Waals surface area (Å²) < 4.78 is 1.10. The van der Waals surface area contributed by atoms with E-state index >= 15 is 0 Å². The van der Waals surface area contributed by atoms with Crippen LogP contribution in [0, 0.1) is 6.92 Å². The molecule has 0 aliphatic heterocycles. The zero-order chi connectivity index (χ0) is 12.3. The minimum atomic E-state index is 0.0670. The molecule has 2 aromatic carbocycles. The molecule has 2 N–H and O–H groups in total. The fraction of sp³-hybridized carbons (Fsp3) is 0.200. The molecule has 2 heteroatoms. The van der Waals surface area contributed by atoms with E-state index in [1.165, 1.54) is 16.7 Å². The van der Waals surface area contributed by atoms with Crippen LogP contribution in [-0.2, 0) is 6.42 Å². The number of nitrogens with two attached hydrogens (primary N) is 1. The van der Waals surface area contributed by atoms with Crippen molar-refractivity contribution >= 4 is 15.9 Å². The Balaban J connectivity index is 2.14. The van der Waals surface area contributed by atoms with Crippen molar-refractivity contribution in [3.63, 3.8) is 0 Å². The summed E-state index contributed by atoms with van der Waals surface area (Å²) in [6.07, 6.45) is 0.873. The monoisotopic (exact) mass is 289 g/mol. The highest BCUT2D eigenvalue weighted by Crippen LogP contribution is 2.20. The maximum Gasteiger partial charge on any atom is 0.0338 e. The highest BCUT2D eigenvalue weighted by atomic mass is 79.9. The van der Waals surface area contributed by atoms with Crippen LogP contribution in [0.5, 0.6) is 0 Å². The van der Waals surface area contributed by atoms with Gasteiger partial charge in [-0.1, -0.05) is 52.3 Å². The largest absolute Gasteiger partial charge is 0.324 e. The van der Waals surface area contributed by atoms with Gasteiger partial charge in [0.2, 0.25) is 0 Å². The van der Waals surface area contributed by atoms with Crippen molar-refractivity contribution in [2.45, 2.75) is 19.4 Å². The smallest absolute Gasteiger partial charge is 0.0338 e. The van der Waals surface area contributed by atoms with E-state index in [-0.39, 0.29) is 6.04 Å². The summed E-state index contributed by atoms with van der Waals surface area (Å²) in [5.74, 6) is 0. The van der Waals surface area contributed by atoms with Crippen molar-refractivity contribution in [1.29, 1.82) is 0 Å². The molecule has 0 spiro atoms. The predicted octanol–water partition coefficient (Wildman–Crippen LogP) is 4.00. The Kier molecular flexibility index (Phi) is 3.97. The molecule has 0 aliphatic carbocycles. The highest BCUT2D eigenvalue weighted by molar-refractivity contribution is 9.10. The molecule has 2 aromatic rings. The first-order chi connectivity index (χ1) is 8.16. The van der Waals surface area contributed by atoms with Crippen molar-refractivity contribution in [3.05, 3.63) is 69.7 Å². The molecule has 0 bridgehead atoms. The van der Waals surface area contributed by atoms with Gasteiger partial charge in [0.15, 0.2) is 0 Å². The van der Waals surface area contributed by atoms with Gasteiger partial charge >= 0.3 is 0 Å². The number of benzene rings is 2. The van der Waals surface area contributed by atoms with Crippen LogP contribution in [0.2, 0.25) is 0 Å². The average molecular weight is 290 g/mol. The molecule has 0 aliphatic rings. The SMILES string of the molecule is Cc1ccccc1C(N)Cc1ccc(Br)cc1. The molecule has 0 heterocycles. The molecule has 88 valence electrons. The second-order valence-corrected chi connectivity index (χ2v) is 5.21. The van der Waals surface area contributed by atoms with Crippen molar-refractivity contribution in [1.82, 2.24) is 0 Å². The lowest BCUT2D eigenvalue weighted by atomic mass is 9.96. The lowest BCUT2D eigenvalue weighted by Gasteiger charge is -2.14. The fourth-order valence-corrected chi connectivity index (χ4v) is 2.25. The molecule has 1 unspecified atom stereocenters. The molecule has 0 saturated heterocycles. The van der Waals surface area contributed by atoms with E-state index in [0.29, 0.717) is 0 Å². The predicted molar refractivity (Wildman–Crippen MR) is 76.0 cm³/mol. The van der Waals surface area contributed by atoms with Gasteiger partial charge < -0.3 is 5.73 Å². The molecule has 0 amide bonds. The molecule has 0 aromatic heterocycles. The first-order valence-electron chi connectivity index (χ1n) is 5.72. The topological polar surface area (TPSA) is 26.0 Å². The number of aryl methyl sites for hydroxylation is 1. The lowest BCUT2D eigenvalue weighted by Crippen LogP contribution is -2.14. The van der Waals surface area contributed by atoms with Crippen LogP contribution in [0.1, 0.15) is 22.7 Å². The van der Waals surface area contributed by atoms with Crippen molar-refractivity contribution < 1.29 is 0 Å². The van der Waals surface area contributed by atoms with Gasteiger partial charge in [0.05, 0.1) is 0 Å². The van der Waals surface area contributed by atoms with Crippen LogP contribution >= 0.6 is 15.9 Å². The number of halogens is 1. The van der Waals surface area contributed by atoms with Crippen LogP contribution in [-0.4, -0.2) is 0 Å². The summed E-state index contributed by atoms with van der Waals surface area (Å²) in [6.45, 7) is 2.11. The summed E-state index contributed by atoms with van der Waals surface area (Å²) >= 11 is 3.44. The normalized spacial score (nSPS) is 12.4. The van der Waals surface area contributed by atoms with Crippen LogP contribution in [0.25, 0.3) is 0 Å². The minimum Gasteiger partial charge on any atom is -0.324 e. The Morgan fingerprint density at radius 1 is 1.06 bits per heavy atom. The third-order valence-corrected chi connectivity index (χ3v) is 3.49. The highest BCUT2D eigenvalue weighted by Gasteiger charge is 2.08. The number of hydrogen-bond acceptors (Lipinski definition) is 1. The van der Waals surface area contributed by atoms with E-state index in [0.717, 1.165) is 10.9 Å². The van der Waals surface area contributed by atoms with E-state index in [1.54, 1.807) is 0 Å². The fourth-order valence-electron chi connectivity index (χ4n) is 1.99. The summed E-state index contributed by atoms with van der Waals surface area (Å²) in [6, 6.07) is 16.7. The molecule has 17 heavy (non-hydrogen) atoms. The third-order valence-electron chi connectivity index (χ3n) is 2.96. The Hall–Kier alpha value is -1.12. The van der Waals surface area contributed by atoms with Gasteiger partial charge in [-0.3, -0.25) is 0 Å². The molecule has 0 fully saturated rings. The van der Waals surface area contributed by atoms with Gasteiger partial charge in [-0.2, -0.15) is 0 Å². The summed E-state index contributed by atoms with van der Waals surface area (Å²) in [5.41, 5.74) is 10.0. The van der Waals surface area contributed by atoms with E-state index in [9.17, 15) is 0 Å². The third kappa shape index (κ3) is 3.18. The van der Waals surface area contributed by atoms with Crippen LogP contribution < -0.4 is 5.73 Å². The zero-order valence-electron chi connectivity index (χ0n) is 9.86. The van der Waals surface area contributed by atoms with Crippen LogP contribution in [0.3, 0.4) is 0 Å². The van der Waals surface area contributed by atoms with E-state index in [4.69, 9.17) is 5.73 Å². The standard InChI is InChI=1S/C15H16BrN/c1-11-4-2-3-5-14(11)15(17)10-12-6-8-13(16)9-7-12/h2-9,15H,10,17H2,1H3. The van der Waals surface area contributed by atoms with Crippen molar-refractivity contribution in [2.24, 2.45) is 5.73 Å². The first kappa shape index (κ1) is 12.3. The molecule has 0 radical (unpaired) electrons. The Labute approximate surface area is 111 Å². The number of rotatable bonds is 3. The van der Waals surface area contributed by atoms with Crippen molar-refractivity contribution in [3.8, 4) is 0 Å². The average Bonchev–Trinajstić information content (AvgIpc) is 2.32. The summed E-state index contributed by atoms with van der Waals surface area (Å²) in [4.78, 5) is 0. The van der Waals surface area contributed by atoms with Crippen LogP contribution in [0.4, 0.5) is 0 Å². The Morgan fingerprint density at radius 2 is 1.71 bits per heavy atom. The molecular weight excluding hydrogens is 274 g/mol. The lowest BCUT2D eigenvalue weighted by molar-refractivity contribution is 0.716. The van der Waals surface area contributed by atoms with E-state index in [2.05, 4.69) is 59.3 Å². The summed E-state index contributed by atoms with van der Waals surface area (Å²) in [7, 11) is 0. The molecule has 0 saturated carbocycles. The quantitative estimate of drug-likeness (QED) is 0.908. The van der Waals surface area contributed by atoms with Crippen LogP contribution in [0.15, 0.2) is 53.0 Å². The zero-order valence-corrected chi connectivity index (χ0v) is 11.4. The maximum atomic E-state index is 6.25. The van der Waals surface area contributed by atoms with E-state index < -0.39 is 0 Å². The maximum absolute atomic E-state index is 6.25. The van der Waals surface area contributed by atoms with Gasteiger partial charge in [0, 0.05) is 10.5 Å². The Bertz CT molecular complexity index is 491. The van der Waals surface area contributed by atoms with Gasteiger partial charge in [0.1, 0.15) is 0 Å². The van der Waals surface area contributed by atoms with Gasteiger partial charge in [-0.25, -0.2) is 0 Å². The van der Waals surface area contributed by atoms with Crippen molar-refractivity contribution in [2.75, 3.05) is 0 Å². The molecule has 1 atom stereocenters. The summed E-state index contributed by atoms with van der Waals surface area (Å²) in [5, 5.41) is 0. The van der Waals surface area contributed by atoms with Gasteiger partial charge in [-0.05, 0) is 42.2 Å². The van der Waals surface area contributed by atoms with Gasteiger partial charge in [0.25, 0.3) is 0 Å².